The van der Waals surface area contributed by atoms with Crippen molar-refractivity contribution in [1.82, 2.24) is 19.1 Å². The van der Waals surface area contributed by atoms with E-state index in [9.17, 15) is 0 Å². The molecule has 0 amide bonds. The summed E-state index contributed by atoms with van der Waals surface area (Å²) in [5.74, 6) is 0.619. The van der Waals surface area contributed by atoms with Gasteiger partial charge in [0.2, 0.25) is 5.95 Å². The maximum absolute atomic E-state index is 6.37. The van der Waals surface area contributed by atoms with Gasteiger partial charge in [0.1, 0.15) is 11.2 Å². The zero-order chi connectivity index (χ0) is 37.2. The molecular weight excluding hydrogens is 697 g/mol. The molecule has 0 bridgehead atoms. The Balaban J connectivity index is 1.16. The number of fused-ring (bicyclic) bond motifs is 13. The second-order valence-electron chi connectivity index (χ2n) is 15.0. The lowest BCUT2D eigenvalue weighted by molar-refractivity contribution is 0.669. The molecule has 0 radical (unpaired) electrons. The van der Waals surface area contributed by atoms with Gasteiger partial charge in [-0.15, -0.1) is 0 Å². The summed E-state index contributed by atoms with van der Waals surface area (Å²) in [4.78, 5) is 10.8. The van der Waals surface area contributed by atoms with Crippen molar-refractivity contribution < 1.29 is 4.42 Å². The van der Waals surface area contributed by atoms with Gasteiger partial charge in [-0.05, 0) is 70.8 Å². The minimum Gasteiger partial charge on any atom is -0.456 e. The third-order valence-corrected chi connectivity index (χ3v) is 11.9. The highest BCUT2D eigenvalue weighted by Crippen LogP contribution is 2.43. The standard InChI is InChI=1S/C52H30N4O/c1-2-14-33-29-46-41(28-32(33)13-1)49-44(55-43-20-9-6-16-36(43)39-27-24-31-12-3-4-15-35(31)51(39)55)21-11-22-45(49)56(46)52-53-42-19-8-5-18-40(42)50(54-52)34-25-26-38-37-17-7-10-23-47(37)57-48(38)30-34/h1-30H. The number of aromatic nitrogens is 4. The average Bonchev–Trinajstić information content (AvgIpc) is 3.92. The molecule has 9 aromatic carbocycles. The van der Waals surface area contributed by atoms with Crippen LogP contribution in [0, 0.1) is 0 Å². The van der Waals surface area contributed by atoms with Crippen LogP contribution in [0.1, 0.15) is 0 Å². The smallest absolute Gasteiger partial charge is 0.235 e. The molecule has 4 heterocycles. The molecule has 0 saturated heterocycles. The van der Waals surface area contributed by atoms with Crippen molar-refractivity contribution in [2.24, 2.45) is 0 Å². The Hall–Kier alpha value is -7.76. The van der Waals surface area contributed by atoms with E-state index in [2.05, 4.69) is 179 Å². The van der Waals surface area contributed by atoms with Crippen molar-refractivity contribution >= 4 is 98.0 Å². The van der Waals surface area contributed by atoms with Gasteiger partial charge in [-0.3, -0.25) is 4.57 Å². The van der Waals surface area contributed by atoms with Crippen molar-refractivity contribution in [3.8, 4) is 22.9 Å². The van der Waals surface area contributed by atoms with E-state index >= 15 is 0 Å². The first kappa shape index (κ1) is 30.6. The number of benzene rings is 9. The van der Waals surface area contributed by atoms with E-state index in [-0.39, 0.29) is 0 Å². The molecule has 0 aliphatic carbocycles. The largest absolute Gasteiger partial charge is 0.456 e. The Bertz CT molecular complexity index is 3830. The zero-order valence-corrected chi connectivity index (χ0v) is 30.5. The van der Waals surface area contributed by atoms with Crippen molar-refractivity contribution in [2.45, 2.75) is 0 Å². The van der Waals surface area contributed by atoms with Gasteiger partial charge in [0, 0.05) is 48.7 Å². The monoisotopic (exact) mass is 726 g/mol. The van der Waals surface area contributed by atoms with Crippen molar-refractivity contribution in [3.05, 3.63) is 182 Å². The van der Waals surface area contributed by atoms with Gasteiger partial charge in [0.05, 0.1) is 39.0 Å². The topological polar surface area (TPSA) is 48.8 Å². The SMILES string of the molecule is c1ccc2cc3c(cc2c1)c1c(-n2c4ccccc4c4ccc5ccccc5c42)cccc1n3-c1nc(-c2ccc3c(c2)oc2ccccc23)c2ccccc2n1. The summed E-state index contributed by atoms with van der Waals surface area (Å²) in [6.07, 6.45) is 0. The van der Waals surface area contributed by atoms with Crippen LogP contribution in [-0.2, 0) is 0 Å². The number of para-hydroxylation sites is 3. The van der Waals surface area contributed by atoms with E-state index < -0.39 is 0 Å². The van der Waals surface area contributed by atoms with Gasteiger partial charge >= 0.3 is 0 Å². The number of nitrogens with zero attached hydrogens (tertiary/aromatic N) is 4. The van der Waals surface area contributed by atoms with Crippen LogP contribution < -0.4 is 0 Å². The van der Waals surface area contributed by atoms with E-state index in [0.29, 0.717) is 5.95 Å². The molecule has 4 aromatic heterocycles. The lowest BCUT2D eigenvalue weighted by atomic mass is 10.0. The highest BCUT2D eigenvalue weighted by Gasteiger charge is 2.23. The first-order chi connectivity index (χ1) is 28.3. The molecule has 0 saturated carbocycles. The zero-order valence-electron chi connectivity index (χ0n) is 30.5. The van der Waals surface area contributed by atoms with E-state index in [4.69, 9.17) is 14.4 Å². The molecule has 57 heavy (non-hydrogen) atoms. The van der Waals surface area contributed by atoms with Crippen molar-refractivity contribution in [2.75, 3.05) is 0 Å². The van der Waals surface area contributed by atoms with Crippen LogP contribution in [0.15, 0.2) is 186 Å². The Morgan fingerprint density at radius 1 is 0.386 bits per heavy atom. The normalized spacial score (nSPS) is 12.2. The Kier molecular flexibility index (Phi) is 6.10. The fraction of sp³-hybridized carbons (Fsp3) is 0. The Morgan fingerprint density at radius 2 is 1.07 bits per heavy atom. The minimum atomic E-state index is 0.619. The second kappa shape index (κ2) is 11.4. The first-order valence-corrected chi connectivity index (χ1v) is 19.3. The van der Waals surface area contributed by atoms with E-state index in [1.54, 1.807) is 0 Å². The highest BCUT2D eigenvalue weighted by molar-refractivity contribution is 6.22. The third kappa shape index (κ3) is 4.28. The number of furan rings is 1. The van der Waals surface area contributed by atoms with Gasteiger partial charge in [-0.2, -0.15) is 0 Å². The second-order valence-corrected chi connectivity index (χ2v) is 15.0. The Labute approximate surface area is 325 Å². The fourth-order valence-electron chi connectivity index (χ4n) is 9.37. The molecule has 264 valence electrons. The molecule has 0 fully saturated rings. The molecule has 5 heteroatoms. The van der Waals surface area contributed by atoms with Gasteiger partial charge in [-0.1, -0.05) is 127 Å². The van der Waals surface area contributed by atoms with Crippen molar-refractivity contribution in [3.63, 3.8) is 0 Å². The fourth-order valence-corrected chi connectivity index (χ4v) is 9.37. The van der Waals surface area contributed by atoms with Crippen LogP contribution in [0.5, 0.6) is 0 Å². The van der Waals surface area contributed by atoms with E-state index in [0.717, 1.165) is 77.0 Å². The maximum Gasteiger partial charge on any atom is 0.235 e. The summed E-state index contributed by atoms with van der Waals surface area (Å²) >= 11 is 0. The van der Waals surface area contributed by atoms with Gasteiger partial charge < -0.3 is 8.98 Å². The summed E-state index contributed by atoms with van der Waals surface area (Å²) in [7, 11) is 0. The average molecular weight is 727 g/mol. The van der Waals surface area contributed by atoms with Gasteiger partial charge in [0.15, 0.2) is 0 Å². The molecule has 0 N–H and O–H groups in total. The van der Waals surface area contributed by atoms with Gasteiger partial charge in [0.25, 0.3) is 0 Å². The number of rotatable bonds is 3. The summed E-state index contributed by atoms with van der Waals surface area (Å²) in [5, 5.41) is 12.7. The van der Waals surface area contributed by atoms with E-state index in [1.165, 1.54) is 38.0 Å². The Morgan fingerprint density at radius 3 is 1.96 bits per heavy atom. The summed E-state index contributed by atoms with van der Waals surface area (Å²) in [5.41, 5.74) is 10.0. The molecule has 0 spiro atoms. The highest BCUT2D eigenvalue weighted by atomic mass is 16.3. The lowest BCUT2D eigenvalue weighted by Crippen LogP contribution is -2.03. The maximum atomic E-state index is 6.37. The molecule has 0 aliphatic rings. The van der Waals surface area contributed by atoms with Crippen LogP contribution in [-0.4, -0.2) is 19.1 Å². The number of hydrogen-bond acceptors (Lipinski definition) is 3. The molecule has 0 aliphatic heterocycles. The van der Waals surface area contributed by atoms with Crippen LogP contribution in [0.25, 0.3) is 121 Å². The third-order valence-electron chi connectivity index (χ3n) is 11.9. The van der Waals surface area contributed by atoms with Crippen LogP contribution >= 0.6 is 0 Å². The molecule has 5 nitrogen and oxygen atoms in total. The molecule has 0 unspecified atom stereocenters. The van der Waals surface area contributed by atoms with E-state index in [1.807, 2.05) is 12.1 Å². The van der Waals surface area contributed by atoms with Crippen LogP contribution in [0.2, 0.25) is 0 Å². The molecular formula is C52H30N4O. The molecule has 13 aromatic rings. The van der Waals surface area contributed by atoms with Crippen LogP contribution in [0.4, 0.5) is 0 Å². The predicted molar refractivity (Wildman–Crippen MR) is 236 cm³/mol. The quantitative estimate of drug-likeness (QED) is 0.182. The summed E-state index contributed by atoms with van der Waals surface area (Å²) < 4.78 is 11.1. The predicted octanol–water partition coefficient (Wildman–Crippen LogP) is 13.7. The molecule has 13 rings (SSSR count). The van der Waals surface area contributed by atoms with Crippen LogP contribution in [0.3, 0.4) is 0 Å². The van der Waals surface area contributed by atoms with Crippen molar-refractivity contribution in [1.29, 1.82) is 0 Å². The molecule has 0 atom stereocenters. The minimum absolute atomic E-state index is 0.619. The first-order valence-electron chi connectivity index (χ1n) is 19.3. The van der Waals surface area contributed by atoms with Gasteiger partial charge in [-0.25, -0.2) is 9.97 Å². The summed E-state index contributed by atoms with van der Waals surface area (Å²) in [6.45, 7) is 0. The number of hydrogen-bond donors (Lipinski definition) is 0. The summed E-state index contributed by atoms with van der Waals surface area (Å²) in [6, 6.07) is 64.9. The lowest BCUT2D eigenvalue weighted by Gasteiger charge is -2.13.